The summed E-state index contributed by atoms with van der Waals surface area (Å²) in [5.74, 6) is 1.22. The molecule has 0 aliphatic carbocycles. The second-order valence-corrected chi connectivity index (χ2v) is 4.01. The van der Waals surface area contributed by atoms with Crippen molar-refractivity contribution in [3.05, 3.63) is 11.0 Å². The van der Waals surface area contributed by atoms with E-state index in [-0.39, 0.29) is 5.54 Å². The van der Waals surface area contributed by atoms with Crippen LogP contribution in [0.2, 0.25) is 0 Å². The van der Waals surface area contributed by atoms with Gasteiger partial charge in [0, 0.05) is 11.3 Å². The molecule has 0 bridgehead atoms. The van der Waals surface area contributed by atoms with E-state index in [1.54, 1.807) is 0 Å². The Kier molecular flexibility index (Phi) is 2.42. The lowest BCUT2D eigenvalue weighted by atomic mass is 9.90. The van der Waals surface area contributed by atoms with Gasteiger partial charge in [-0.1, -0.05) is 6.92 Å². The van der Waals surface area contributed by atoms with Gasteiger partial charge in [-0.2, -0.15) is 0 Å². The molecule has 10 heavy (non-hydrogen) atoms. The normalized spacial score (nSPS) is 24.1. The zero-order valence-corrected chi connectivity index (χ0v) is 7.50. The largest absolute Gasteiger partial charge is 0.322 e. The van der Waals surface area contributed by atoms with Crippen molar-refractivity contribution >= 4 is 11.8 Å². The highest BCUT2D eigenvalue weighted by Gasteiger charge is 2.23. The Morgan fingerprint density at radius 2 is 2.50 bits per heavy atom. The lowest BCUT2D eigenvalue weighted by Gasteiger charge is -2.23. The molecule has 0 saturated carbocycles. The van der Waals surface area contributed by atoms with E-state index in [1.807, 2.05) is 11.8 Å². The van der Waals surface area contributed by atoms with E-state index in [1.165, 1.54) is 17.7 Å². The number of hydrogen-bond acceptors (Lipinski definition) is 2. The van der Waals surface area contributed by atoms with Gasteiger partial charge in [-0.3, -0.25) is 0 Å². The van der Waals surface area contributed by atoms with Gasteiger partial charge in [-0.15, -0.1) is 11.8 Å². The maximum atomic E-state index is 6.04. The summed E-state index contributed by atoms with van der Waals surface area (Å²) >= 11 is 1.88. The van der Waals surface area contributed by atoms with Crippen LogP contribution >= 0.6 is 11.8 Å². The van der Waals surface area contributed by atoms with E-state index in [4.69, 9.17) is 5.73 Å². The number of nitrogens with two attached hydrogens (primary N) is 1. The molecular weight excluding hydrogens is 142 g/mol. The maximum Gasteiger partial charge on any atom is 0.0345 e. The highest BCUT2D eigenvalue weighted by atomic mass is 32.2. The first kappa shape index (κ1) is 8.15. The Morgan fingerprint density at radius 3 is 2.90 bits per heavy atom. The molecule has 1 nitrogen and oxygen atoms in total. The second-order valence-electron chi connectivity index (χ2n) is 3.03. The molecular formula is C8H15NS. The average Bonchev–Trinajstić information content (AvgIpc) is 2.38. The Labute approximate surface area is 67.1 Å². The minimum atomic E-state index is -0.0382. The van der Waals surface area contributed by atoms with Crippen LogP contribution in [-0.2, 0) is 0 Å². The van der Waals surface area contributed by atoms with E-state index in [0.29, 0.717) is 0 Å². The average molecular weight is 157 g/mol. The Hall–Kier alpha value is 0.0500. The summed E-state index contributed by atoms with van der Waals surface area (Å²) in [4.78, 5) is 0. The minimum absolute atomic E-state index is 0.0382. The standard InChI is InChI=1S/C8H15NS/c1-3-8(2,9)7-4-5-10-6-7/h6H,3-5,9H2,1-2H3. The first-order valence-electron chi connectivity index (χ1n) is 3.77. The Balaban J connectivity index is 2.62. The molecule has 1 aliphatic rings. The summed E-state index contributed by atoms with van der Waals surface area (Å²) in [5.41, 5.74) is 7.43. The quantitative estimate of drug-likeness (QED) is 0.664. The first-order valence-corrected chi connectivity index (χ1v) is 4.81. The van der Waals surface area contributed by atoms with Crippen molar-refractivity contribution in [1.82, 2.24) is 0 Å². The third kappa shape index (κ3) is 1.55. The first-order chi connectivity index (χ1) is 4.67. The van der Waals surface area contributed by atoms with Gasteiger partial charge >= 0.3 is 0 Å². The van der Waals surface area contributed by atoms with Crippen LogP contribution in [0.5, 0.6) is 0 Å². The third-order valence-corrected chi connectivity index (χ3v) is 3.07. The van der Waals surface area contributed by atoms with Crippen LogP contribution < -0.4 is 5.73 Å². The topological polar surface area (TPSA) is 26.0 Å². The van der Waals surface area contributed by atoms with Gasteiger partial charge in [0.25, 0.3) is 0 Å². The number of hydrogen-bond donors (Lipinski definition) is 1. The summed E-state index contributed by atoms with van der Waals surface area (Å²) in [6.07, 6.45) is 2.23. The molecule has 1 rings (SSSR count). The molecule has 0 spiro atoms. The molecule has 0 fully saturated rings. The van der Waals surface area contributed by atoms with Crippen LogP contribution in [0.1, 0.15) is 26.7 Å². The van der Waals surface area contributed by atoms with E-state index in [0.717, 1.165) is 6.42 Å². The Bertz CT molecular complexity index is 149. The van der Waals surface area contributed by atoms with Gasteiger partial charge < -0.3 is 5.73 Å². The highest BCUT2D eigenvalue weighted by Crippen LogP contribution is 2.30. The molecule has 0 aromatic heterocycles. The molecule has 2 heteroatoms. The van der Waals surface area contributed by atoms with Crippen LogP contribution in [0.15, 0.2) is 11.0 Å². The lowest BCUT2D eigenvalue weighted by molar-refractivity contribution is 0.520. The highest BCUT2D eigenvalue weighted by molar-refractivity contribution is 8.02. The lowest BCUT2D eigenvalue weighted by Crippen LogP contribution is -2.36. The van der Waals surface area contributed by atoms with E-state index in [9.17, 15) is 0 Å². The summed E-state index contributed by atoms with van der Waals surface area (Å²) in [6.45, 7) is 4.26. The number of thioether (sulfide) groups is 1. The van der Waals surface area contributed by atoms with Crippen molar-refractivity contribution in [3.63, 3.8) is 0 Å². The summed E-state index contributed by atoms with van der Waals surface area (Å²) < 4.78 is 0. The van der Waals surface area contributed by atoms with Crippen LogP contribution in [-0.4, -0.2) is 11.3 Å². The molecule has 1 atom stereocenters. The predicted molar refractivity (Wildman–Crippen MR) is 48.0 cm³/mol. The van der Waals surface area contributed by atoms with Crippen LogP contribution in [0, 0.1) is 0 Å². The zero-order valence-electron chi connectivity index (χ0n) is 6.68. The number of rotatable bonds is 2. The summed E-state index contributed by atoms with van der Waals surface area (Å²) in [5, 5.41) is 2.23. The van der Waals surface area contributed by atoms with Crippen molar-refractivity contribution < 1.29 is 0 Å². The molecule has 1 unspecified atom stereocenters. The van der Waals surface area contributed by atoms with Crippen molar-refractivity contribution in [2.24, 2.45) is 5.73 Å². The molecule has 0 radical (unpaired) electrons. The van der Waals surface area contributed by atoms with Gasteiger partial charge in [-0.05, 0) is 30.7 Å². The van der Waals surface area contributed by atoms with Crippen molar-refractivity contribution in [2.75, 3.05) is 5.75 Å². The van der Waals surface area contributed by atoms with Crippen molar-refractivity contribution in [2.45, 2.75) is 32.2 Å². The molecule has 0 saturated heterocycles. The fraction of sp³-hybridized carbons (Fsp3) is 0.750. The van der Waals surface area contributed by atoms with Gasteiger partial charge in [0.2, 0.25) is 0 Å². The molecule has 58 valence electrons. The van der Waals surface area contributed by atoms with Gasteiger partial charge in [0.05, 0.1) is 0 Å². The molecule has 0 aromatic rings. The van der Waals surface area contributed by atoms with Crippen LogP contribution in [0.4, 0.5) is 0 Å². The zero-order chi connectivity index (χ0) is 7.61. The Morgan fingerprint density at radius 1 is 1.80 bits per heavy atom. The molecule has 0 aromatic carbocycles. The SMILES string of the molecule is CCC(C)(N)C1=CSCC1. The smallest absolute Gasteiger partial charge is 0.0345 e. The van der Waals surface area contributed by atoms with E-state index >= 15 is 0 Å². The van der Waals surface area contributed by atoms with Gasteiger partial charge in [0.15, 0.2) is 0 Å². The molecule has 1 heterocycles. The maximum absolute atomic E-state index is 6.04. The van der Waals surface area contributed by atoms with Crippen molar-refractivity contribution in [1.29, 1.82) is 0 Å². The van der Waals surface area contributed by atoms with Crippen LogP contribution in [0.25, 0.3) is 0 Å². The van der Waals surface area contributed by atoms with Crippen molar-refractivity contribution in [3.8, 4) is 0 Å². The molecule has 1 aliphatic heterocycles. The predicted octanol–water partition coefficient (Wildman–Crippen LogP) is 2.13. The summed E-state index contributed by atoms with van der Waals surface area (Å²) in [7, 11) is 0. The van der Waals surface area contributed by atoms with Crippen LogP contribution in [0.3, 0.4) is 0 Å². The van der Waals surface area contributed by atoms with E-state index < -0.39 is 0 Å². The fourth-order valence-corrected chi connectivity index (χ4v) is 2.08. The second kappa shape index (κ2) is 2.97. The minimum Gasteiger partial charge on any atom is -0.322 e. The molecule has 2 N–H and O–H groups in total. The van der Waals surface area contributed by atoms with E-state index in [2.05, 4.69) is 19.3 Å². The van der Waals surface area contributed by atoms with Gasteiger partial charge in [0.1, 0.15) is 0 Å². The third-order valence-electron chi connectivity index (χ3n) is 2.18. The monoisotopic (exact) mass is 157 g/mol. The van der Waals surface area contributed by atoms with Gasteiger partial charge in [-0.25, -0.2) is 0 Å². The summed E-state index contributed by atoms with van der Waals surface area (Å²) in [6, 6.07) is 0. The molecule has 0 amide bonds. The fourth-order valence-electron chi connectivity index (χ4n) is 1.03.